The molecule has 0 atom stereocenters. The van der Waals surface area contributed by atoms with Crippen LogP contribution in [0, 0.1) is 0 Å². The first-order chi connectivity index (χ1) is 14.5. The van der Waals surface area contributed by atoms with Crippen molar-refractivity contribution in [2.75, 3.05) is 36.5 Å². The van der Waals surface area contributed by atoms with Gasteiger partial charge in [-0.2, -0.15) is 0 Å². The van der Waals surface area contributed by atoms with Gasteiger partial charge in [0, 0.05) is 18.7 Å². The molecule has 0 bridgehead atoms. The second-order valence-corrected chi connectivity index (χ2v) is 7.74. The number of piperidine rings is 1. The Labute approximate surface area is 179 Å². The predicted octanol–water partition coefficient (Wildman–Crippen LogP) is 3.33. The van der Waals surface area contributed by atoms with Crippen molar-refractivity contribution in [2.24, 2.45) is 0 Å². The fourth-order valence-electron chi connectivity index (χ4n) is 3.68. The highest BCUT2D eigenvalue weighted by Gasteiger charge is 2.29. The number of amides is 3. The summed E-state index contributed by atoms with van der Waals surface area (Å²) in [7, 11) is 0. The quantitative estimate of drug-likeness (QED) is 0.811. The van der Waals surface area contributed by atoms with Gasteiger partial charge in [-0.15, -0.1) is 0 Å². The van der Waals surface area contributed by atoms with E-state index in [-0.39, 0.29) is 25.0 Å². The topological polar surface area (TPSA) is 79.0 Å². The maximum absolute atomic E-state index is 12.9. The smallest absolute Gasteiger partial charge is 0.265 e. The van der Waals surface area contributed by atoms with E-state index in [0.29, 0.717) is 27.7 Å². The van der Waals surface area contributed by atoms with E-state index >= 15 is 0 Å². The molecule has 156 valence electrons. The normalized spacial score (nSPS) is 16.0. The molecule has 2 aromatic rings. The van der Waals surface area contributed by atoms with Crippen LogP contribution in [0.2, 0.25) is 5.02 Å². The third-order valence-corrected chi connectivity index (χ3v) is 5.57. The van der Waals surface area contributed by atoms with Gasteiger partial charge in [-0.05, 0) is 49.6 Å². The molecule has 0 spiro atoms. The number of ether oxygens (including phenoxy) is 1. The lowest BCUT2D eigenvalue weighted by Crippen LogP contribution is -2.43. The number of fused-ring (bicyclic) bond motifs is 1. The van der Waals surface area contributed by atoms with Crippen LogP contribution in [0.5, 0.6) is 5.75 Å². The van der Waals surface area contributed by atoms with Crippen LogP contribution < -0.4 is 15.0 Å². The minimum absolute atomic E-state index is 0.0732. The van der Waals surface area contributed by atoms with Crippen LogP contribution in [-0.2, 0) is 9.59 Å². The second kappa shape index (κ2) is 8.75. The van der Waals surface area contributed by atoms with Crippen molar-refractivity contribution >= 4 is 40.7 Å². The van der Waals surface area contributed by atoms with E-state index in [1.165, 1.54) is 4.90 Å². The molecule has 8 heteroatoms. The number of para-hydroxylation sites is 1. The summed E-state index contributed by atoms with van der Waals surface area (Å²) >= 11 is 6.09. The molecule has 0 radical (unpaired) electrons. The van der Waals surface area contributed by atoms with Crippen LogP contribution >= 0.6 is 11.6 Å². The minimum Gasteiger partial charge on any atom is -0.482 e. The Balaban J connectivity index is 1.55. The minimum atomic E-state index is -0.392. The fourth-order valence-corrected chi connectivity index (χ4v) is 3.87. The molecule has 2 aliphatic heterocycles. The van der Waals surface area contributed by atoms with Gasteiger partial charge in [-0.25, -0.2) is 0 Å². The molecule has 2 heterocycles. The van der Waals surface area contributed by atoms with Crippen molar-refractivity contribution in [1.82, 2.24) is 4.90 Å². The second-order valence-electron chi connectivity index (χ2n) is 7.33. The van der Waals surface area contributed by atoms with Crippen molar-refractivity contribution in [2.45, 2.75) is 19.3 Å². The summed E-state index contributed by atoms with van der Waals surface area (Å²) in [4.78, 5) is 41.1. The first kappa shape index (κ1) is 20.2. The zero-order valence-corrected chi connectivity index (χ0v) is 17.2. The van der Waals surface area contributed by atoms with Crippen molar-refractivity contribution in [1.29, 1.82) is 0 Å². The average Bonchev–Trinajstić information content (AvgIpc) is 2.77. The third-order valence-electron chi connectivity index (χ3n) is 5.24. The number of rotatable bonds is 4. The molecule has 0 aromatic heterocycles. The van der Waals surface area contributed by atoms with E-state index in [9.17, 15) is 14.4 Å². The van der Waals surface area contributed by atoms with Crippen LogP contribution in [0.4, 0.5) is 11.4 Å². The monoisotopic (exact) mass is 427 g/mol. The van der Waals surface area contributed by atoms with E-state index in [2.05, 4.69) is 5.32 Å². The average molecular weight is 428 g/mol. The van der Waals surface area contributed by atoms with Gasteiger partial charge in [0.25, 0.3) is 11.8 Å². The molecule has 1 saturated heterocycles. The van der Waals surface area contributed by atoms with E-state index < -0.39 is 5.91 Å². The summed E-state index contributed by atoms with van der Waals surface area (Å²) in [5, 5.41) is 3.13. The van der Waals surface area contributed by atoms with Crippen LogP contribution in [-0.4, -0.2) is 48.9 Å². The zero-order valence-electron chi connectivity index (χ0n) is 16.4. The number of anilines is 2. The summed E-state index contributed by atoms with van der Waals surface area (Å²) in [6.45, 7) is 1.10. The Morgan fingerprint density at radius 2 is 1.83 bits per heavy atom. The standard InChI is InChI=1S/C22H22ClN3O4/c23-16-6-2-3-7-17(16)24-20(27)13-26-18-12-15(8-9-19(18)30-14-21(26)28)22(29)25-10-4-1-5-11-25/h2-3,6-9,12H,1,4-5,10-11,13-14H2,(H,24,27). The number of carbonyl (C=O) groups excluding carboxylic acids is 3. The summed E-state index contributed by atoms with van der Waals surface area (Å²) < 4.78 is 5.50. The Hall–Kier alpha value is -3.06. The number of carbonyl (C=O) groups is 3. The lowest BCUT2D eigenvalue weighted by Gasteiger charge is -2.30. The highest BCUT2D eigenvalue weighted by atomic mass is 35.5. The molecule has 4 rings (SSSR count). The lowest BCUT2D eigenvalue weighted by molar-refractivity contribution is -0.123. The number of likely N-dealkylation sites (tertiary alicyclic amines) is 1. The predicted molar refractivity (Wildman–Crippen MR) is 114 cm³/mol. The number of benzene rings is 2. The highest BCUT2D eigenvalue weighted by Crippen LogP contribution is 2.33. The van der Waals surface area contributed by atoms with Crippen LogP contribution in [0.25, 0.3) is 0 Å². The maximum atomic E-state index is 12.9. The summed E-state index contributed by atoms with van der Waals surface area (Å²) in [6, 6.07) is 11.9. The van der Waals surface area contributed by atoms with Gasteiger partial charge in [0.15, 0.2) is 6.61 Å². The van der Waals surface area contributed by atoms with Crippen LogP contribution in [0.15, 0.2) is 42.5 Å². The highest BCUT2D eigenvalue weighted by molar-refractivity contribution is 6.33. The summed E-state index contributed by atoms with van der Waals surface area (Å²) in [5.41, 5.74) is 1.37. The van der Waals surface area contributed by atoms with Gasteiger partial charge in [-0.1, -0.05) is 23.7 Å². The third kappa shape index (κ3) is 4.26. The van der Waals surface area contributed by atoms with E-state index in [4.69, 9.17) is 16.3 Å². The molecule has 2 aromatic carbocycles. The van der Waals surface area contributed by atoms with Gasteiger partial charge in [0.2, 0.25) is 5.91 Å². The van der Waals surface area contributed by atoms with Gasteiger partial charge in [0.05, 0.1) is 16.4 Å². The lowest BCUT2D eigenvalue weighted by atomic mass is 10.1. The summed E-state index contributed by atoms with van der Waals surface area (Å²) in [6.07, 6.45) is 3.11. The number of nitrogens with one attached hydrogen (secondary N) is 1. The largest absolute Gasteiger partial charge is 0.482 e. The van der Waals surface area contributed by atoms with Crippen molar-refractivity contribution < 1.29 is 19.1 Å². The zero-order chi connectivity index (χ0) is 21.1. The number of nitrogens with zero attached hydrogens (tertiary/aromatic N) is 2. The van der Waals surface area contributed by atoms with Crippen molar-refractivity contribution in [3.63, 3.8) is 0 Å². The molecule has 0 aliphatic carbocycles. The fraction of sp³-hybridized carbons (Fsp3) is 0.318. The first-order valence-electron chi connectivity index (χ1n) is 9.94. The van der Waals surface area contributed by atoms with E-state index in [1.807, 2.05) is 4.90 Å². The van der Waals surface area contributed by atoms with Crippen LogP contribution in [0.1, 0.15) is 29.6 Å². The van der Waals surface area contributed by atoms with Gasteiger partial charge in [-0.3, -0.25) is 19.3 Å². The number of hydrogen-bond acceptors (Lipinski definition) is 4. The molecular weight excluding hydrogens is 406 g/mol. The SMILES string of the molecule is O=C(CN1C(=O)COc2ccc(C(=O)N3CCCCC3)cc21)Nc1ccccc1Cl. The van der Waals surface area contributed by atoms with E-state index in [0.717, 1.165) is 32.4 Å². The molecule has 3 amide bonds. The first-order valence-corrected chi connectivity index (χ1v) is 10.3. The maximum Gasteiger partial charge on any atom is 0.265 e. The van der Waals surface area contributed by atoms with E-state index in [1.54, 1.807) is 42.5 Å². The molecule has 0 saturated carbocycles. The number of halogens is 1. The van der Waals surface area contributed by atoms with Crippen LogP contribution in [0.3, 0.4) is 0 Å². The van der Waals surface area contributed by atoms with Crippen molar-refractivity contribution in [3.8, 4) is 5.75 Å². The number of hydrogen-bond donors (Lipinski definition) is 1. The van der Waals surface area contributed by atoms with Gasteiger partial charge >= 0.3 is 0 Å². The Morgan fingerprint density at radius 1 is 1.07 bits per heavy atom. The Morgan fingerprint density at radius 3 is 2.60 bits per heavy atom. The molecule has 2 aliphatic rings. The molecule has 30 heavy (non-hydrogen) atoms. The Kier molecular flexibility index (Phi) is 5.90. The molecule has 0 unspecified atom stereocenters. The molecule has 1 N–H and O–H groups in total. The molecular formula is C22H22ClN3O4. The molecule has 7 nitrogen and oxygen atoms in total. The van der Waals surface area contributed by atoms with Crippen molar-refractivity contribution in [3.05, 3.63) is 53.1 Å². The Bertz CT molecular complexity index is 988. The summed E-state index contributed by atoms with van der Waals surface area (Å²) in [5.74, 6) is -0.345. The van der Waals surface area contributed by atoms with Gasteiger partial charge < -0.3 is 15.0 Å². The van der Waals surface area contributed by atoms with Gasteiger partial charge in [0.1, 0.15) is 12.3 Å². The molecule has 1 fully saturated rings.